The summed E-state index contributed by atoms with van der Waals surface area (Å²) in [5.41, 5.74) is 9.11. The molecule has 1 aliphatic heterocycles. The lowest BCUT2D eigenvalue weighted by molar-refractivity contribution is -0.118. The number of nitrogens with two attached hydrogens (primary N) is 1. The van der Waals surface area contributed by atoms with Crippen LogP contribution in [0.2, 0.25) is 0 Å². The van der Waals surface area contributed by atoms with E-state index in [2.05, 4.69) is 16.1 Å². The molecule has 6 heteroatoms. The van der Waals surface area contributed by atoms with Crippen molar-refractivity contribution in [1.82, 2.24) is 15.0 Å². The summed E-state index contributed by atoms with van der Waals surface area (Å²) in [5.74, 6) is 1.15. The van der Waals surface area contributed by atoms with E-state index in [1.165, 1.54) is 0 Å². The number of carbonyl (C=O) groups excluding carboxylic acids is 1. The summed E-state index contributed by atoms with van der Waals surface area (Å²) >= 11 is 0. The fourth-order valence-corrected chi connectivity index (χ4v) is 3.43. The summed E-state index contributed by atoms with van der Waals surface area (Å²) in [7, 11) is 0. The minimum Gasteiger partial charge on any atom is -0.370 e. The van der Waals surface area contributed by atoms with Crippen molar-refractivity contribution < 1.29 is 9.32 Å². The van der Waals surface area contributed by atoms with Gasteiger partial charge in [0.1, 0.15) is 5.76 Å². The second-order valence-corrected chi connectivity index (χ2v) is 6.59. The van der Waals surface area contributed by atoms with Gasteiger partial charge in [0, 0.05) is 25.2 Å². The standard InChI is InChI=1S/C18H24N4O2/c1-12-18(13(2)24-21-12)16-5-3-4-15(20-16)10-14-6-8-22(11-14)9-7-17(19)23/h3-5,14H,6-11H2,1-2H3,(H2,19,23)/t14-/m0/s1. The fraction of sp³-hybridized carbons (Fsp3) is 0.500. The first-order chi connectivity index (χ1) is 11.5. The van der Waals surface area contributed by atoms with Crippen LogP contribution in [0, 0.1) is 19.8 Å². The van der Waals surface area contributed by atoms with Gasteiger partial charge in [0.2, 0.25) is 5.91 Å². The third-order valence-corrected chi connectivity index (χ3v) is 4.64. The lowest BCUT2D eigenvalue weighted by Gasteiger charge is -2.15. The van der Waals surface area contributed by atoms with Crippen molar-refractivity contribution >= 4 is 5.91 Å². The van der Waals surface area contributed by atoms with Crippen molar-refractivity contribution in [2.75, 3.05) is 19.6 Å². The number of amides is 1. The Hall–Kier alpha value is -2.21. The highest BCUT2D eigenvalue weighted by atomic mass is 16.5. The Morgan fingerprint density at radius 1 is 1.42 bits per heavy atom. The molecule has 2 aromatic heterocycles. The smallest absolute Gasteiger partial charge is 0.218 e. The Labute approximate surface area is 142 Å². The average Bonchev–Trinajstić information content (AvgIpc) is 3.12. The number of pyridine rings is 1. The third-order valence-electron chi connectivity index (χ3n) is 4.64. The van der Waals surface area contributed by atoms with E-state index in [4.69, 9.17) is 15.2 Å². The van der Waals surface area contributed by atoms with E-state index < -0.39 is 0 Å². The van der Waals surface area contributed by atoms with Gasteiger partial charge in [-0.1, -0.05) is 11.2 Å². The molecule has 0 radical (unpaired) electrons. The summed E-state index contributed by atoms with van der Waals surface area (Å²) in [5, 5.41) is 4.01. The topological polar surface area (TPSA) is 85.3 Å². The minimum absolute atomic E-state index is 0.229. The molecule has 1 amide bonds. The van der Waals surface area contributed by atoms with Crippen LogP contribution in [0.3, 0.4) is 0 Å². The van der Waals surface area contributed by atoms with E-state index in [1.54, 1.807) is 0 Å². The molecular weight excluding hydrogens is 304 g/mol. The first kappa shape index (κ1) is 16.6. The molecule has 0 bridgehead atoms. The predicted octanol–water partition coefficient (Wildman–Crippen LogP) is 2.09. The van der Waals surface area contributed by atoms with Gasteiger partial charge in [0.05, 0.1) is 17.0 Å². The van der Waals surface area contributed by atoms with E-state index in [1.807, 2.05) is 26.0 Å². The Kier molecular flexibility index (Phi) is 4.94. The number of carbonyl (C=O) groups is 1. The van der Waals surface area contributed by atoms with E-state index in [0.717, 1.165) is 60.9 Å². The van der Waals surface area contributed by atoms with Crippen LogP contribution in [0.1, 0.15) is 30.0 Å². The zero-order chi connectivity index (χ0) is 17.1. The molecular formula is C18H24N4O2. The minimum atomic E-state index is -0.229. The Morgan fingerprint density at radius 3 is 2.96 bits per heavy atom. The van der Waals surface area contributed by atoms with Gasteiger partial charge in [-0.15, -0.1) is 0 Å². The number of nitrogens with zero attached hydrogens (tertiary/aromatic N) is 3. The highest BCUT2D eigenvalue weighted by Gasteiger charge is 2.23. The number of aromatic nitrogens is 2. The molecule has 3 rings (SSSR count). The maximum absolute atomic E-state index is 10.9. The van der Waals surface area contributed by atoms with Crippen molar-refractivity contribution in [1.29, 1.82) is 0 Å². The molecule has 0 unspecified atom stereocenters. The van der Waals surface area contributed by atoms with E-state index in [0.29, 0.717) is 12.3 Å². The average molecular weight is 328 g/mol. The maximum Gasteiger partial charge on any atom is 0.218 e. The zero-order valence-corrected chi connectivity index (χ0v) is 14.3. The lowest BCUT2D eigenvalue weighted by atomic mass is 10.0. The number of aryl methyl sites for hydroxylation is 2. The number of primary amides is 1. The molecule has 1 saturated heterocycles. The fourth-order valence-electron chi connectivity index (χ4n) is 3.43. The van der Waals surface area contributed by atoms with Crippen LogP contribution in [-0.2, 0) is 11.2 Å². The molecule has 0 aliphatic carbocycles. The Bertz CT molecular complexity index is 706. The number of hydrogen-bond donors (Lipinski definition) is 1. The van der Waals surface area contributed by atoms with Crippen molar-refractivity contribution in [3.63, 3.8) is 0 Å². The Morgan fingerprint density at radius 2 is 2.25 bits per heavy atom. The highest BCUT2D eigenvalue weighted by Crippen LogP contribution is 2.26. The molecule has 1 atom stereocenters. The predicted molar refractivity (Wildman–Crippen MR) is 91.3 cm³/mol. The quantitative estimate of drug-likeness (QED) is 0.877. The molecule has 2 aromatic rings. The van der Waals surface area contributed by atoms with Crippen LogP contribution >= 0.6 is 0 Å². The van der Waals surface area contributed by atoms with Gasteiger partial charge in [0.15, 0.2) is 0 Å². The van der Waals surface area contributed by atoms with Crippen LogP contribution in [-0.4, -0.2) is 40.6 Å². The zero-order valence-electron chi connectivity index (χ0n) is 14.3. The monoisotopic (exact) mass is 328 g/mol. The van der Waals surface area contributed by atoms with Crippen molar-refractivity contribution in [2.45, 2.75) is 33.1 Å². The number of rotatable bonds is 6. The van der Waals surface area contributed by atoms with Gasteiger partial charge in [-0.2, -0.15) is 0 Å². The van der Waals surface area contributed by atoms with Gasteiger partial charge in [-0.05, 0) is 51.3 Å². The lowest BCUT2D eigenvalue weighted by Crippen LogP contribution is -2.26. The highest BCUT2D eigenvalue weighted by molar-refractivity contribution is 5.73. The SMILES string of the molecule is Cc1noc(C)c1-c1cccc(C[C@@H]2CCN(CCC(N)=O)C2)n1. The molecule has 1 aliphatic rings. The number of likely N-dealkylation sites (tertiary alicyclic amines) is 1. The molecule has 24 heavy (non-hydrogen) atoms. The van der Waals surface area contributed by atoms with Gasteiger partial charge in [-0.25, -0.2) is 0 Å². The second-order valence-electron chi connectivity index (χ2n) is 6.59. The maximum atomic E-state index is 10.9. The van der Waals surface area contributed by atoms with Crippen LogP contribution in [0.15, 0.2) is 22.7 Å². The summed E-state index contributed by atoms with van der Waals surface area (Å²) in [6.07, 6.45) is 2.52. The van der Waals surface area contributed by atoms with Gasteiger partial charge in [-0.3, -0.25) is 9.78 Å². The Balaban J connectivity index is 1.65. The second kappa shape index (κ2) is 7.13. The van der Waals surface area contributed by atoms with Crippen LogP contribution in [0.5, 0.6) is 0 Å². The van der Waals surface area contributed by atoms with Gasteiger partial charge in [0.25, 0.3) is 0 Å². The van der Waals surface area contributed by atoms with E-state index >= 15 is 0 Å². The molecule has 1 fully saturated rings. The first-order valence-corrected chi connectivity index (χ1v) is 8.42. The van der Waals surface area contributed by atoms with Crippen molar-refractivity contribution in [2.24, 2.45) is 11.7 Å². The van der Waals surface area contributed by atoms with E-state index in [-0.39, 0.29) is 5.91 Å². The molecule has 3 heterocycles. The number of hydrogen-bond acceptors (Lipinski definition) is 5. The molecule has 6 nitrogen and oxygen atoms in total. The molecule has 128 valence electrons. The van der Waals surface area contributed by atoms with Crippen molar-refractivity contribution in [3.8, 4) is 11.3 Å². The van der Waals surface area contributed by atoms with Crippen LogP contribution < -0.4 is 5.73 Å². The van der Waals surface area contributed by atoms with Gasteiger partial charge >= 0.3 is 0 Å². The summed E-state index contributed by atoms with van der Waals surface area (Å²) in [4.78, 5) is 18.0. The molecule has 0 saturated carbocycles. The molecule has 2 N–H and O–H groups in total. The third kappa shape index (κ3) is 3.82. The van der Waals surface area contributed by atoms with Crippen molar-refractivity contribution in [3.05, 3.63) is 35.3 Å². The van der Waals surface area contributed by atoms with Gasteiger partial charge < -0.3 is 15.2 Å². The summed E-state index contributed by atoms with van der Waals surface area (Å²) < 4.78 is 5.25. The van der Waals surface area contributed by atoms with Crippen LogP contribution in [0.4, 0.5) is 0 Å². The molecule has 0 aromatic carbocycles. The van der Waals surface area contributed by atoms with Crippen LogP contribution in [0.25, 0.3) is 11.3 Å². The molecule has 0 spiro atoms. The summed E-state index contributed by atoms with van der Waals surface area (Å²) in [6, 6.07) is 6.13. The normalized spacial score (nSPS) is 18.2. The largest absolute Gasteiger partial charge is 0.370 e. The first-order valence-electron chi connectivity index (χ1n) is 8.42. The van der Waals surface area contributed by atoms with E-state index in [9.17, 15) is 4.79 Å². The summed E-state index contributed by atoms with van der Waals surface area (Å²) in [6.45, 7) is 6.65.